The second kappa shape index (κ2) is 5.01. The van der Waals surface area contributed by atoms with Crippen molar-refractivity contribution in [3.63, 3.8) is 0 Å². The van der Waals surface area contributed by atoms with Gasteiger partial charge in [-0.3, -0.25) is 4.79 Å². The number of nitrogens with two attached hydrogens (primary N) is 1. The fourth-order valence-electron chi connectivity index (χ4n) is 1.59. The van der Waals surface area contributed by atoms with Gasteiger partial charge < -0.3 is 11.1 Å². The molecule has 0 saturated carbocycles. The molecule has 1 amide bonds. The molecule has 0 aliphatic rings. The van der Waals surface area contributed by atoms with Crippen molar-refractivity contribution in [2.45, 2.75) is 13.0 Å². The highest BCUT2D eigenvalue weighted by Gasteiger charge is 2.14. The maximum atomic E-state index is 11.9. The monoisotopic (exact) mass is 246 g/mol. The molecule has 0 aliphatic carbocycles. The van der Waals surface area contributed by atoms with Crippen LogP contribution < -0.4 is 11.1 Å². The zero-order chi connectivity index (χ0) is 12.3. The van der Waals surface area contributed by atoms with Crippen molar-refractivity contribution >= 4 is 22.9 Å². The first-order chi connectivity index (χ1) is 8.18. The molecule has 0 aliphatic heterocycles. The first kappa shape index (κ1) is 11.7. The van der Waals surface area contributed by atoms with Crippen molar-refractivity contribution in [2.24, 2.45) is 0 Å². The summed E-state index contributed by atoms with van der Waals surface area (Å²) in [5.74, 6) is -0.117. The molecule has 2 aromatic rings. The topological polar surface area (TPSA) is 55.1 Å². The first-order valence-corrected chi connectivity index (χ1v) is 6.25. The first-order valence-electron chi connectivity index (χ1n) is 5.37. The SMILES string of the molecule is CC(NC(=O)c1sccc1N)c1ccccc1. The van der Waals surface area contributed by atoms with Crippen LogP contribution in [-0.4, -0.2) is 5.91 Å². The maximum absolute atomic E-state index is 11.9. The Hall–Kier alpha value is -1.81. The van der Waals surface area contributed by atoms with Crippen LogP contribution in [-0.2, 0) is 0 Å². The normalized spacial score (nSPS) is 12.1. The van der Waals surface area contributed by atoms with Gasteiger partial charge in [-0.05, 0) is 23.9 Å². The molecule has 1 unspecified atom stereocenters. The van der Waals surface area contributed by atoms with E-state index < -0.39 is 0 Å². The Kier molecular flexibility index (Phi) is 3.44. The van der Waals surface area contributed by atoms with Crippen LogP contribution in [0.2, 0.25) is 0 Å². The second-order valence-corrected chi connectivity index (χ2v) is 4.73. The van der Waals surface area contributed by atoms with Crippen molar-refractivity contribution in [2.75, 3.05) is 5.73 Å². The van der Waals surface area contributed by atoms with E-state index in [1.165, 1.54) is 11.3 Å². The molecule has 1 aromatic carbocycles. The molecule has 2 rings (SSSR count). The Morgan fingerprint density at radius 1 is 1.29 bits per heavy atom. The molecule has 1 atom stereocenters. The van der Waals surface area contributed by atoms with Gasteiger partial charge >= 0.3 is 0 Å². The summed E-state index contributed by atoms with van der Waals surface area (Å²) in [4.78, 5) is 12.5. The number of thiophene rings is 1. The largest absolute Gasteiger partial charge is 0.397 e. The number of carbonyl (C=O) groups excluding carboxylic acids is 1. The molecule has 0 saturated heterocycles. The van der Waals surface area contributed by atoms with E-state index in [-0.39, 0.29) is 11.9 Å². The summed E-state index contributed by atoms with van der Waals surface area (Å²) in [5, 5.41) is 4.75. The van der Waals surface area contributed by atoms with Crippen LogP contribution in [0.4, 0.5) is 5.69 Å². The van der Waals surface area contributed by atoms with Gasteiger partial charge in [0.2, 0.25) is 0 Å². The van der Waals surface area contributed by atoms with Crippen molar-refractivity contribution in [1.82, 2.24) is 5.32 Å². The zero-order valence-corrected chi connectivity index (χ0v) is 10.3. The lowest BCUT2D eigenvalue weighted by Gasteiger charge is -2.13. The standard InChI is InChI=1S/C13H14N2OS/c1-9(10-5-3-2-4-6-10)15-13(16)12-11(14)7-8-17-12/h2-9H,14H2,1H3,(H,15,16). The number of nitrogen functional groups attached to an aromatic ring is 1. The highest BCUT2D eigenvalue weighted by Crippen LogP contribution is 2.20. The molecule has 88 valence electrons. The average molecular weight is 246 g/mol. The fraction of sp³-hybridized carbons (Fsp3) is 0.154. The summed E-state index contributed by atoms with van der Waals surface area (Å²) < 4.78 is 0. The number of rotatable bonds is 3. The quantitative estimate of drug-likeness (QED) is 0.875. The van der Waals surface area contributed by atoms with E-state index >= 15 is 0 Å². The van der Waals surface area contributed by atoms with Crippen molar-refractivity contribution in [3.8, 4) is 0 Å². The molecular formula is C13H14N2OS. The molecular weight excluding hydrogens is 232 g/mol. The Morgan fingerprint density at radius 3 is 2.59 bits per heavy atom. The molecule has 0 bridgehead atoms. The van der Waals surface area contributed by atoms with Crippen LogP contribution in [0.5, 0.6) is 0 Å². The van der Waals surface area contributed by atoms with E-state index in [1.807, 2.05) is 42.6 Å². The van der Waals surface area contributed by atoms with Crippen LogP contribution in [0.15, 0.2) is 41.8 Å². The predicted molar refractivity (Wildman–Crippen MR) is 71.1 cm³/mol. The fourth-order valence-corrected chi connectivity index (χ4v) is 2.31. The molecule has 17 heavy (non-hydrogen) atoms. The minimum absolute atomic E-state index is 0.0230. The smallest absolute Gasteiger partial charge is 0.263 e. The van der Waals surface area contributed by atoms with E-state index in [2.05, 4.69) is 5.32 Å². The number of anilines is 1. The van der Waals surface area contributed by atoms with Gasteiger partial charge in [-0.15, -0.1) is 11.3 Å². The third kappa shape index (κ3) is 2.65. The number of nitrogens with one attached hydrogen (secondary N) is 1. The summed E-state index contributed by atoms with van der Waals surface area (Å²) in [5.41, 5.74) is 7.32. The van der Waals surface area contributed by atoms with Crippen molar-refractivity contribution in [3.05, 3.63) is 52.2 Å². The molecule has 3 nitrogen and oxygen atoms in total. The highest BCUT2D eigenvalue weighted by molar-refractivity contribution is 7.12. The molecule has 1 heterocycles. The Balaban J connectivity index is 2.08. The van der Waals surface area contributed by atoms with Crippen molar-refractivity contribution in [1.29, 1.82) is 0 Å². The molecule has 0 radical (unpaired) electrons. The summed E-state index contributed by atoms with van der Waals surface area (Å²) >= 11 is 1.36. The number of amides is 1. The van der Waals surface area contributed by atoms with Gasteiger partial charge in [0, 0.05) is 0 Å². The highest BCUT2D eigenvalue weighted by atomic mass is 32.1. The van der Waals surface area contributed by atoms with Crippen molar-refractivity contribution < 1.29 is 4.79 Å². The molecule has 3 N–H and O–H groups in total. The molecule has 0 spiro atoms. The second-order valence-electron chi connectivity index (χ2n) is 3.81. The minimum atomic E-state index is -0.117. The van der Waals surface area contributed by atoms with Gasteiger partial charge in [-0.25, -0.2) is 0 Å². The summed E-state index contributed by atoms with van der Waals surface area (Å²) in [6.45, 7) is 1.96. The van der Waals surface area contributed by atoms with Gasteiger partial charge in [-0.2, -0.15) is 0 Å². The summed E-state index contributed by atoms with van der Waals surface area (Å²) in [6, 6.07) is 11.6. The number of carbonyl (C=O) groups is 1. The van der Waals surface area contributed by atoms with Crippen LogP contribution >= 0.6 is 11.3 Å². The van der Waals surface area contributed by atoms with Crippen LogP contribution in [0.3, 0.4) is 0 Å². The van der Waals surface area contributed by atoms with Gasteiger partial charge in [0.1, 0.15) is 4.88 Å². The average Bonchev–Trinajstić information content (AvgIpc) is 2.76. The predicted octanol–water partition coefficient (Wildman–Crippen LogP) is 2.82. The third-order valence-corrected chi connectivity index (χ3v) is 3.48. The third-order valence-electron chi connectivity index (χ3n) is 2.55. The van der Waals surface area contributed by atoms with Gasteiger partial charge in [-0.1, -0.05) is 30.3 Å². The van der Waals surface area contributed by atoms with Crippen LogP contribution in [0, 0.1) is 0 Å². The van der Waals surface area contributed by atoms with E-state index in [9.17, 15) is 4.79 Å². The van der Waals surface area contributed by atoms with E-state index in [0.717, 1.165) is 5.56 Å². The Morgan fingerprint density at radius 2 is 2.00 bits per heavy atom. The van der Waals surface area contributed by atoms with E-state index in [0.29, 0.717) is 10.6 Å². The number of benzene rings is 1. The molecule has 1 aromatic heterocycles. The van der Waals surface area contributed by atoms with Gasteiger partial charge in [0.15, 0.2) is 0 Å². The minimum Gasteiger partial charge on any atom is -0.397 e. The van der Waals surface area contributed by atoms with Crippen LogP contribution in [0.1, 0.15) is 28.2 Å². The lowest BCUT2D eigenvalue weighted by molar-refractivity contribution is 0.0945. The zero-order valence-electron chi connectivity index (χ0n) is 9.51. The number of hydrogen-bond donors (Lipinski definition) is 2. The number of hydrogen-bond acceptors (Lipinski definition) is 3. The summed E-state index contributed by atoms with van der Waals surface area (Å²) in [6.07, 6.45) is 0. The molecule has 4 heteroatoms. The summed E-state index contributed by atoms with van der Waals surface area (Å²) in [7, 11) is 0. The Bertz CT molecular complexity index is 507. The van der Waals surface area contributed by atoms with Gasteiger partial charge in [0.25, 0.3) is 5.91 Å². The van der Waals surface area contributed by atoms with E-state index in [1.54, 1.807) is 6.07 Å². The van der Waals surface area contributed by atoms with Crippen LogP contribution in [0.25, 0.3) is 0 Å². The maximum Gasteiger partial charge on any atom is 0.263 e. The van der Waals surface area contributed by atoms with Gasteiger partial charge in [0.05, 0.1) is 11.7 Å². The molecule has 0 fully saturated rings. The lowest BCUT2D eigenvalue weighted by Crippen LogP contribution is -2.26. The Labute approximate surface area is 104 Å². The lowest BCUT2D eigenvalue weighted by atomic mass is 10.1. The van der Waals surface area contributed by atoms with E-state index in [4.69, 9.17) is 5.73 Å².